The Morgan fingerprint density at radius 2 is 2.04 bits per heavy atom. The van der Waals surface area contributed by atoms with Crippen molar-refractivity contribution in [1.29, 1.82) is 0 Å². The maximum atomic E-state index is 14.0. The summed E-state index contributed by atoms with van der Waals surface area (Å²) in [6, 6.07) is 5.74. The quantitative estimate of drug-likeness (QED) is 0.834. The Hall–Kier alpha value is -1.79. The molecule has 0 bridgehead atoms. The molecular formula is C18H24FN3OS. The third kappa shape index (κ3) is 4.61. The van der Waals surface area contributed by atoms with E-state index in [2.05, 4.69) is 24.1 Å². The summed E-state index contributed by atoms with van der Waals surface area (Å²) in [5.74, 6) is -0.158. The molecule has 4 nitrogen and oxygen atoms in total. The number of aromatic nitrogens is 1. The van der Waals surface area contributed by atoms with Gasteiger partial charge in [-0.2, -0.15) is 0 Å². The van der Waals surface area contributed by atoms with Gasteiger partial charge in [0.15, 0.2) is 0 Å². The van der Waals surface area contributed by atoms with Crippen LogP contribution in [0.25, 0.3) is 0 Å². The van der Waals surface area contributed by atoms with Gasteiger partial charge in [-0.25, -0.2) is 9.37 Å². The molecule has 0 spiro atoms. The summed E-state index contributed by atoms with van der Waals surface area (Å²) < 4.78 is 14.0. The second kappa shape index (κ2) is 8.35. The van der Waals surface area contributed by atoms with Crippen molar-refractivity contribution in [3.63, 3.8) is 0 Å². The fourth-order valence-electron chi connectivity index (χ4n) is 2.46. The first-order valence-electron chi connectivity index (χ1n) is 8.03. The summed E-state index contributed by atoms with van der Waals surface area (Å²) in [7, 11) is 3.54. The minimum absolute atomic E-state index is 0.204. The second-order valence-corrected chi connectivity index (χ2v) is 7.15. The number of carbonyl (C=O) groups is 1. The molecule has 1 N–H and O–H groups in total. The van der Waals surface area contributed by atoms with Crippen LogP contribution in [-0.4, -0.2) is 36.4 Å². The number of hydrogen-bond donors (Lipinski definition) is 1. The van der Waals surface area contributed by atoms with Crippen LogP contribution in [0.5, 0.6) is 0 Å². The molecule has 1 amide bonds. The maximum absolute atomic E-state index is 14.0. The normalized spacial score (nSPS) is 12.6. The summed E-state index contributed by atoms with van der Waals surface area (Å²) in [5.41, 5.74) is 1.37. The first-order chi connectivity index (χ1) is 11.4. The van der Waals surface area contributed by atoms with Crippen molar-refractivity contribution in [2.75, 3.05) is 20.6 Å². The van der Waals surface area contributed by atoms with Crippen LogP contribution in [0, 0.1) is 5.82 Å². The van der Waals surface area contributed by atoms with Crippen LogP contribution in [0.2, 0.25) is 0 Å². The van der Waals surface area contributed by atoms with Crippen molar-refractivity contribution >= 4 is 17.2 Å². The molecule has 0 saturated heterocycles. The minimum Gasteiger partial charge on any atom is -0.354 e. The number of likely N-dealkylation sites (N-methyl/N-ethyl adjacent to an activating group) is 1. The summed E-state index contributed by atoms with van der Waals surface area (Å²) in [5, 5.41) is 6.03. The number of thiazole rings is 1. The molecule has 130 valence electrons. The van der Waals surface area contributed by atoms with Gasteiger partial charge in [-0.05, 0) is 20.2 Å². The Balaban J connectivity index is 1.97. The Kier molecular flexibility index (Phi) is 6.45. The zero-order chi connectivity index (χ0) is 17.7. The van der Waals surface area contributed by atoms with Gasteiger partial charge < -0.3 is 5.32 Å². The number of rotatable bonds is 7. The third-order valence-electron chi connectivity index (χ3n) is 3.71. The van der Waals surface area contributed by atoms with Gasteiger partial charge in [0.1, 0.15) is 11.9 Å². The van der Waals surface area contributed by atoms with Gasteiger partial charge >= 0.3 is 0 Å². The van der Waals surface area contributed by atoms with Gasteiger partial charge in [-0.3, -0.25) is 9.69 Å². The van der Waals surface area contributed by atoms with E-state index in [4.69, 9.17) is 0 Å². The Morgan fingerprint density at radius 3 is 2.62 bits per heavy atom. The van der Waals surface area contributed by atoms with Crippen LogP contribution in [0.15, 0.2) is 29.6 Å². The number of hydrogen-bond acceptors (Lipinski definition) is 4. The summed E-state index contributed by atoms with van der Waals surface area (Å²) in [4.78, 5) is 18.8. The van der Waals surface area contributed by atoms with E-state index in [1.165, 1.54) is 6.07 Å². The fourth-order valence-corrected chi connectivity index (χ4v) is 3.33. The van der Waals surface area contributed by atoms with E-state index in [1.807, 2.05) is 5.38 Å². The van der Waals surface area contributed by atoms with E-state index >= 15 is 0 Å². The third-order valence-corrected chi connectivity index (χ3v) is 4.90. The van der Waals surface area contributed by atoms with Crippen LogP contribution >= 0.6 is 11.3 Å². The fraction of sp³-hybridized carbons (Fsp3) is 0.444. The molecule has 0 saturated carbocycles. The average molecular weight is 349 g/mol. The molecule has 24 heavy (non-hydrogen) atoms. The molecule has 2 rings (SSSR count). The highest BCUT2D eigenvalue weighted by molar-refractivity contribution is 7.09. The molecule has 6 heteroatoms. The van der Waals surface area contributed by atoms with Gasteiger partial charge in [-0.15, -0.1) is 11.3 Å². The first-order valence-corrected chi connectivity index (χ1v) is 8.91. The Morgan fingerprint density at radius 1 is 1.33 bits per heavy atom. The second-order valence-electron chi connectivity index (χ2n) is 6.26. The summed E-state index contributed by atoms with van der Waals surface area (Å²) >= 11 is 1.64. The van der Waals surface area contributed by atoms with E-state index in [9.17, 15) is 9.18 Å². The molecule has 1 aromatic carbocycles. The topological polar surface area (TPSA) is 45.2 Å². The first kappa shape index (κ1) is 18.5. The van der Waals surface area contributed by atoms with Crippen LogP contribution in [0.1, 0.15) is 42.1 Å². The number of halogens is 1. The predicted octanol–water partition coefficient (Wildman–Crippen LogP) is 3.37. The standard InChI is InChI=1S/C18H24FN3OS/c1-12(2)18-21-13(11-24-18)9-10-20-17(23)16(22(3)4)14-7-5-6-8-15(14)19/h5-8,11-12,16H,9-10H2,1-4H3,(H,20,23)/t16-/m1/s1. The lowest BCUT2D eigenvalue weighted by molar-refractivity contribution is -0.125. The van der Waals surface area contributed by atoms with E-state index in [-0.39, 0.29) is 11.7 Å². The molecule has 0 aliphatic carbocycles. The molecular weight excluding hydrogens is 325 g/mol. The molecule has 0 fully saturated rings. The minimum atomic E-state index is -0.646. The zero-order valence-electron chi connectivity index (χ0n) is 14.5. The van der Waals surface area contributed by atoms with Crippen molar-refractivity contribution in [3.8, 4) is 0 Å². The van der Waals surface area contributed by atoms with Gasteiger partial charge in [0.25, 0.3) is 0 Å². The van der Waals surface area contributed by atoms with Crippen molar-refractivity contribution in [3.05, 3.63) is 51.7 Å². The van der Waals surface area contributed by atoms with E-state index < -0.39 is 6.04 Å². The highest BCUT2D eigenvalue weighted by Gasteiger charge is 2.25. The molecule has 1 atom stereocenters. The van der Waals surface area contributed by atoms with Crippen LogP contribution in [-0.2, 0) is 11.2 Å². The van der Waals surface area contributed by atoms with Crippen molar-refractivity contribution in [2.45, 2.75) is 32.2 Å². The smallest absolute Gasteiger partial charge is 0.242 e. The maximum Gasteiger partial charge on any atom is 0.242 e. The summed E-state index contributed by atoms with van der Waals surface area (Å²) in [6.45, 7) is 4.71. The Bertz CT molecular complexity index is 684. The van der Waals surface area contributed by atoms with Crippen LogP contribution in [0.3, 0.4) is 0 Å². The van der Waals surface area contributed by atoms with Crippen LogP contribution in [0.4, 0.5) is 4.39 Å². The lowest BCUT2D eigenvalue weighted by atomic mass is 10.0. The lowest BCUT2D eigenvalue weighted by Crippen LogP contribution is -2.38. The Labute approximate surface area is 146 Å². The monoisotopic (exact) mass is 349 g/mol. The van der Waals surface area contributed by atoms with Crippen molar-refractivity contribution in [2.24, 2.45) is 0 Å². The number of nitrogens with zero attached hydrogens (tertiary/aromatic N) is 2. The van der Waals surface area contributed by atoms with E-state index in [1.54, 1.807) is 48.5 Å². The van der Waals surface area contributed by atoms with Gasteiger partial charge in [0, 0.05) is 29.8 Å². The molecule has 0 unspecified atom stereocenters. The van der Waals surface area contributed by atoms with Gasteiger partial charge in [0.05, 0.1) is 10.7 Å². The average Bonchev–Trinajstić information content (AvgIpc) is 2.98. The molecule has 0 aliphatic rings. The number of nitrogens with one attached hydrogen (secondary N) is 1. The predicted molar refractivity (Wildman–Crippen MR) is 95.7 cm³/mol. The molecule has 1 aromatic heterocycles. The van der Waals surface area contributed by atoms with Crippen molar-refractivity contribution in [1.82, 2.24) is 15.2 Å². The number of carbonyl (C=O) groups excluding carboxylic acids is 1. The molecule has 0 aliphatic heterocycles. The van der Waals surface area contributed by atoms with Crippen LogP contribution < -0.4 is 5.32 Å². The molecule has 2 aromatic rings. The largest absolute Gasteiger partial charge is 0.354 e. The SMILES string of the molecule is CC(C)c1nc(CCNC(=O)[C@@H](c2ccccc2F)N(C)C)cs1. The van der Waals surface area contributed by atoms with E-state index in [0.29, 0.717) is 24.4 Å². The zero-order valence-corrected chi connectivity index (χ0v) is 15.4. The number of benzene rings is 1. The number of amides is 1. The molecule has 1 heterocycles. The highest BCUT2D eigenvalue weighted by atomic mass is 32.1. The van der Waals surface area contributed by atoms with Crippen molar-refractivity contribution < 1.29 is 9.18 Å². The highest BCUT2D eigenvalue weighted by Crippen LogP contribution is 2.22. The molecule has 0 radical (unpaired) electrons. The van der Waals surface area contributed by atoms with E-state index in [0.717, 1.165) is 10.7 Å². The van der Waals surface area contributed by atoms with Gasteiger partial charge in [-0.1, -0.05) is 32.0 Å². The summed E-state index contributed by atoms with van der Waals surface area (Å²) in [6.07, 6.45) is 0.673. The lowest BCUT2D eigenvalue weighted by Gasteiger charge is -2.24. The van der Waals surface area contributed by atoms with Gasteiger partial charge in [0.2, 0.25) is 5.91 Å².